The molecule has 1 saturated heterocycles. The first-order valence-corrected chi connectivity index (χ1v) is 15.1. The molecule has 14 heteroatoms. The summed E-state index contributed by atoms with van der Waals surface area (Å²) in [5, 5.41) is 23.4. The topological polar surface area (TPSA) is 132 Å². The number of aryl methyl sites for hydroxylation is 1. The van der Waals surface area contributed by atoms with Gasteiger partial charge >= 0.3 is 0 Å². The largest absolute Gasteiger partial charge is 0.376 e. The van der Waals surface area contributed by atoms with Crippen LogP contribution in [0.4, 0.5) is 11.4 Å². The molecule has 2 aromatic carbocycles. The Labute approximate surface area is 234 Å². The summed E-state index contributed by atoms with van der Waals surface area (Å²) in [6.45, 7) is 3.16. The van der Waals surface area contributed by atoms with E-state index >= 15 is 0 Å². The number of thioether (sulfide) groups is 1. The van der Waals surface area contributed by atoms with Crippen molar-refractivity contribution >= 4 is 79.9 Å². The minimum atomic E-state index is -0.404. The first kappa shape index (κ1) is 26.7. The fourth-order valence-electron chi connectivity index (χ4n) is 3.65. The van der Waals surface area contributed by atoms with Gasteiger partial charge in [-0.05, 0) is 49.6 Å². The second-order valence-corrected chi connectivity index (χ2v) is 13.0. The van der Waals surface area contributed by atoms with E-state index in [1.165, 1.54) is 52.3 Å². The number of hydrogen-bond donors (Lipinski definition) is 1. The van der Waals surface area contributed by atoms with Gasteiger partial charge in [-0.25, -0.2) is 4.98 Å². The number of aromatic nitrogens is 3. The van der Waals surface area contributed by atoms with Gasteiger partial charge in [0.15, 0.2) is 8.68 Å². The number of ether oxygens (including phenoxy) is 1. The molecule has 1 aliphatic rings. The quantitative estimate of drug-likeness (QED) is 0.108. The van der Waals surface area contributed by atoms with Gasteiger partial charge in [-0.2, -0.15) is 0 Å². The molecule has 38 heavy (non-hydrogen) atoms. The Morgan fingerprint density at radius 1 is 1.26 bits per heavy atom. The number of rotatable bonds is 10. The predicted molar refractivity (Wildman–Crippen MR) is 151 cm³/mol. The number of thiazole rings is 1. The van der Waals surface area contributed by atoms with Crippen LogP contribution in [0.5, 0.6) is 0 Å². The van der Waals surface area contributed by atoms with Crippen LogP contribution in [0.15, 0.2) is 55.0 Å². The van der Waals surface area contributed by atoms with Crippen molar-refractivity contribution in [3.63, 3.8) is 0 Å². The van der Waals surface area contributed by atoms with Gasteiger partial charge in [-0.3, -0.25) is 19.9 Å². The summed E-state index contributed by atoms with van der Waals surface area (Å²) in [7, 11) is 0. The van der Waals surface area contributed by atoms with Crippen molar-refractivity contribution in [1.29, 1.82) is 0 Å². The van der Waals surface area contributed by atoms with Gasteiger partial charge in [0.05, 0.1) is 37.6 Å². The lowest BCUT2D eigenvalue weighted by atomic mass is 10.2. The maximum atomic E-state index is 12.2. The molecule has 0 radical (unpaired) electrons. The van der Waals surface area contributed by atoms with E-state index in [0.717, 1.165) is 39.0 Å². The van der Waals surface area contributed by atoms with E-state index in [4.69, 9.17) is 4.74 Å². The number of nitrogens with one attached hydrogen (secondary N) is 1. The number of nitro benzene ring substituents is 1. The van der Waals surface area contributed by atoms with E-state index in [9.17, 15) is 14.9 Å². The molecule has 10 nitrogen and oxygen atoms in total. The fourth-order valence-corrected chi connectivity index (χ4v) is 7.44. The van der Waals surface area contributed by atoms with Crippen molar-refractivity contribution in [1.82, 2.24) is 20.5 Å². The number of amides is 1. The van der Waals surface area contributed by atoms with Crippen LogP contribution in [0.1, 0.15) is 23.4 Å². The molecule has 0 bridgehead atoms. The molecular formula is C24H22N6O4S4. The summed E-state index contributed by atoms with van der Waals surface area (Å²) in [5.41, 5.74) is 2.15. The monoisotopic (exact) mass is 586 g/mol. The van der Waals surface area contributed by atoms with Crippen molar-refractivity contribution < 1.29 is 14.5 Å². The Balaban J connectivity index is 1.22. The average molecular weight is 587 g/mol. The van der Waals surface area contributed by atoms with Crippen LogP contribution in [-0.4, -0.2) is 57.2 Å². The maximum absolute atomic E-state index is 12.2. The number of hydrogen-bond acceptors (Lipinski definition) is 12. The standard InChI is InChI=1S/C24H22N6O4S4/c1-14-28-29-24(36-14)37-20-7-4-15(9-19(20)30(32)33)11-25-16-5-6-18-21(10-16)38-23(27-18)35-13-22(31)26-12-17-3-2-8-34-17/h4-7,9-11,17H,2-3,8,12-13H2,1H3,(H,26,31)/t17-/m1/s1. The van der Waals surface area contributed by atoms with Gasteiger partial charge in [-0.1, -0.05) is 40.9 Å². The molecule has 0 unspecified atom stereocenters. The molecule has 1 amide bonds. The van der Waals surface area contributed by atoms with Crippen LogP contribution in [0, 0.1) is 17.0 Å². The molecule has 1 N–H and O–H groups in total. The zero-order valence-electron chi connectivity index (χ0n) is 20.2. The molecule has 0 saturated carbocycles. The van der Waals surface area contributed by atoms with E-state index < -0.39 is 4.92 Å². The summed E-state index contributed by atoms with van der Waals surface area (Å²) < 4.78 is 7.94. The molecule has 3 heterocycles. The maximum Gasteiger partial charge on any atom is 0.283 e. The van der Waals surface area contributed by atoms with Crippen LogP contribution in [0.2, 0.25) is 0 Å². The van der Waals surface area contributed by atoms with Crippen molar-refractivity contribution in [2.75, 3.05) is 18.9 Å². The average Bonchev–Trinajstić information content (AvgIpc) is 3.66. The van der Waals surface area contributed by atoms with Crippen LogP contribution in [0.3, 0.4) is 0 Å². The normalized spacial score (nSPS) is 15.4. The van der Waals surface area contributed by atoms with Gasteiger partial charge in [0, 0.05) is 25.4 Å². The smallest absolute Gasteiger partial charge is 0.283 e. The molecule has 1 fully saturated rings. The number of fused-ring (bicyclic) bond motifs is 1. The Morgan fingerprint density at radius 3 is 2.92 bits per heavy atom. The number of carbonyl (C=O) groups excluding carboxylic acids is 1. The molecule has 196 valence electrons. The predicted octanol–water partition coefficient (Wildman–Crippen LogP) is 5.65. The Bertz CT molecular complexity index is 1500. The summed E-state index contributed by atoms with van der Waals surface area (Å²) in [4.78, 5) is 33.0. The molecule has 0 aliphatic carbocycles. The third-order valence-electron chi connectivity index (χ3n) is 5.48. The van der Waals surface area contributed by atoms with E-state index in [1.807, 2.05) is 25.1 Å². The van der Waals surface area contributed by atoms with Gasteiger partial charge in [-0.15, -0.1) is 21.5 Å². The van der Waals surface area contributed by atoms with Crippen molar-refractivity contribution in [2.45, 2.75) is 39.4 Å². The molecule has 4 aromatic rings. The molecular weight excluding hydrogens is 565 g/mol. The lowest BCUT2D eigenvalue weighted by Crippen LogP contribution is -2.32. The molecule has 5 rings (SSSR count). The summed E-state index contributed by atoms with van der Waals surface area (Å²) in [6.07, 6.45) is 3.76. The third kappa shape index (κ3) is 6.94. The highest BCUT2D eigenvalue weighted by Gasteiger charge is 2.18. The first-order valence-electron chi connectivity index (χ1n) is 11.6. The number of nitrogens with zero attached hydrogens (tertiary/aromatic N) is 5. The molecule has 0 spiro atoms. The number of nitro groups is 1. The Kier molecular flexibility index (Phi) is 8.64. The van der Waals surface area contributed by atoms with E-state index in [-0.39, 0.29) is 17.7 Å². The van der Waals surface area contributed by atoms with Gasteiger partial charge in [0.1, 0.15) is 5.01 Å². The number of benzene rings is 2. The van der Waals surface area contributed by atoms with E-state index in [0.29, 0.717) is 32.8 Å². The van der Waals surface area contributed by atoms with Crippen molar-refractivity contribution in [2.24, 2.45) is 4.99 Å². The first-order chi connectivity index (χ1) is 18.4. The summed E-state index contributed by atoms with van der Waals surface area (Å²) in [5.74, 6) is 0.260. The van der Waals surface area contributed by atoms with Crippen LogP contribution in [0.25, 0.3) is 10.2 Å². The lowest BCUT2D eigenvalue weighted by molar-refractivity contribution is -0.387. The summed E-state index contributed by atoms with van der Waals surface area (Å²) >= 11 is 5.52. The highest BCUT2D eigenvalue weighted by molar-refractivity contribution is 8.01. The highest BCUT2D eigenvalue weighted by atomic mass is 32.2. The van der Waals surface area contributed by atoms with Gasteiger partial charge in [0.25, 0.3) is 5.69 Å². The van der Waals surface area contributed by atoms with E-state index in [1.54, 1.807) is 18.3 Å². The zero-order valence-corrected chi connectivity index (χ0v) is 23.4. The molecule has 1 aliphatic heterocycles. The van der Waals surface area contributed by atoms with Crippen LogP contribution < -0.4 is 5.32 Å². The van der Waals surface area contributed by atoms with Crippen molar-refractivity contribution in [3.05, 3.63) is 57.1 Å². The van der Waals surface area contributed by atoms with Crippen LogP contribution in [-0.2, 0) is 9.53 Å². The second kappa shape index (κ2) is 12.3. The Hall–Kier alpha value is -2.91. The highest BCUT2D eigenvalue weighted by Crippen LogP contribution is 2.37. The third-order valence-corrected chi connectivity index (χ3v) is 9.59. The molecule has 1 atom stereocenters. The zero-order chi connectivity index (χ0) is 26.5. The van der Waals surface area contributed by atoms with Gasteiger partial charge in [0.2, 0.25) is 5.91 Å². The summed E-state index contributed by atoms with van der Waals surface area (Å²) in [6, 6.07) is 10.6. The second-order valence-electron chi connectivity index (χ2n) is 8.29. The number of aliphatic imine (C=N–C) groups is 1. The lowest BCUT2D eigenvalue weighted by Gasteiger charge is -2.09. The fraction of sp³-hybridized carbons (Fsp3) is 0.292. The van der Waals surface area contributed by atoms with Crippen LogP contribution >= 0.6 is 46.2 Å². The number of carbonyl (C=O) groups is 1. The SMILES string of the molecule is Cc1nnc(Sc2ccc(C=Nc3ccc4nc(SCC(=O)NC[C@H]5CCCO5)sc4c3)cc2[N+](=O)[O-])s1. The molecule has 2 aromatic heterocycles. The minimum Gasteiger partial charge on any atom is -0.376 e. The van der Waals surface area contributed by atoms with Gasteiger partial charge < -0.3 is 10.1 Å². The van der Waals surface area contributed by atoms with Crippen molar-refractivity contribution in [3.8, 4) is 0 Å². The van der Waals surface area contributed by atoms with E-state index in [2.05, 4.69) is 25.5 Å². The minimum absolute atomic E-state index is 0.00816. The Morgan fingerprint density at radius 2 is 2.16 bits per heavy atom.